The van der Waals surface area contributed by atoms with E-state index in [1.165, 1.54) is 24.3 Å². The fraction of sp³-hybridized carbons (Fsp3) is 0.364. The number of carboxylic acid groups (broad SMARTS) is 1. The summed E-state index contributed by atoms with van der Waals surface area (Å²) in [7, 11) is 0. The van der Waals surface area contributed by atoms with Gasteiger partial charge in [0.1, 0.15) is 0 Å². The maximum absolute atomic E-state index is 12.3. The molecule has 0 aliphatic heterocycles. The van der Waals surface area contributed by atoms with Crippen molar-refractivity contribution in [2.75, 3.05) is 6.54 Å². The maximum atomic E-state index is 12.3. The van der Waals surface area contributed by atoms with Crippen LogP contribution in [0.25, 0.3) is 0 Å². The molecule has 0 amide bonds. The van der Waals surface area contributed by atoms with Crippen molar-refractivity contribution in [3.63, 3.8) is 0 Å². The van der Waals surface area contributed by atoms with Gasteiger partial charge in [0.15, 0.2) is 5.92 Å². The van der Waals surface area contributed by atoms with Gasteiger partial charge in [-0.3, -0.25) is 14.9 Å². The normalized spacial score (nSPS) is 12.9. The molecule has 0 fully saturated rings. The molecule has 0 saturated carbocycles. The van der Waals surface area contributed by atoms with Gasteiger partial charge >= 0.3 is 12.1 Å². The van der Waals surface area contributed by atoms with Gasteiger partial charge in [-0.15, -0.1) is 0 Å². The van der Waals surface area contributed by atoms with Gasteiger partial charge in [-0.1, -0.05) is 12.1 Å². The topological polar surface area (TPSA) is 92.5 Å². The minimum atomic E-state index is -4.83. The number of rotatable bonds is 6. The molecule has 0 saturated heterocycles. The molecule has 20 heavy (non-hydrogen) atoms. The van der Waals surface area contributed by atoms with E-state index in [-0.39, 0.29) is 12.2 Å². The number of aliphatic carboxylic acids is 1. The molecule has 1 unspecified atom stereocenters. The molecule has 1 aromatic rings. The lowest BCUT2D eigenvalue weighted by Crippen LogP contribution is -2.38. The van der Waals surface area contributed by atoms with Gasteiger partial charge in [0.25, 0.3) is 5.69 Å². The van der Waals surface area contributed by atoms with E-state index in [0.29, 0.717) is 5.56 Å². The summed E-state index contributed by atoms with van der Waals surface area (Å²) in [5, 5.41) is 21.2. The van der Waals surface area contributed by atoms with E-state index in [4.69, 9.17) is 5.11 Å². The van der Waals surface area contributed by atoms with Gasteiger partial charge in [0, 0.05) is 25.2 Å². The van der Waals surface area contributed by atoms with Crippen molar-refractivity contribution in [3.05, 3.63) is 39.9 Å². The summed E-state index contributed by atoms with van der Waals surface area (Å²) in [5.74, 6) is -4.44. The van der Waals surface area contributed by atoms with Crippen molar-refractivity contribution in [2.24, 2.45) is 5.92 Å². The van der Waals surface area contributed by atoms with Crippen LogP contribution in [0.3, 0.4) is 0 Å². The first-order valence-electron chi connectivity index (χ1n) is 5.45. The van der Waals surface area contributed by atoms with Crippen LogP contribution in [0.15, 0.2) is 24.3 Å². The van der Waals surface area contributed by atoms with E-state index in [9.17, 15) is 28.1 Å². The van der Waals surface area contributed by atoms with Gasteiger partial charge < -0.3 is 10.4 Å². The first-order valence-corrected chi connectivity index (χ1v) is 5.45. The molecule has 0 aliphatic carbocycles. The second kappa shape index (κ2) is 6.33. The highest BCUT2D eigenvalue weighted by molar-refractivity contribution is 5.71. The van der Waals surface area contributed by atoms with Gasteiger partial charge in [0.05, 0.1) is 4.92 Å². The molecule has 1 rings (SSSR count). The molecule has 0 spiro atoms. The molecule has 9 heteroatoms. The summed E-state index contributed by atoms with van der Waals surface area (Å²) in [4.78, 5) is 20.3. The zero-order valence-electron chi connectivity index (χ0n) is 10.1. The Hall–Kier alpha value is -2.16. The minimum absolute atomic E-state index is 0.0160. The third-order valence-electron chi connectivity index (χ3n) is 2.52. The van der Waals surface area contributed by atoms with Gasteiger partial charge in [-0.2, -0.15) is 13.2 Å². The number of nitrogens with zero attached hydrogens (tertiary/aromatic N) is 1. The fourth-order valence-electron chi connectivity index (χ4n) is 1.44. The van der Waals surface area contributed by atoms with Gasteiger partial charge in [0.2, 0.25) is 0 Å². The summed E-state index contributed by atoms with van der Waals surface area (Å²) >= 11 is 0. The Morgan fingerprint density at radius 1 is 1.35 bits per heavy atom. The lowest BCUT2D eigenvalue weighted by molar-refractivity contribution is -0.384. The number of carbonyl (C=O) groups is 1. The molecule has 2 N–H and O–H groups in total. The molecule has 6 nitrogen and oxygen atoms in total. The summed E-state index contributed by atoms with van der Waals surface area (Å²) in [6.45, 7) is -0.784. The SMILES string of the molecule is O=C(O)C(CNCc1ccc([N+](=O)[O-])cc1)C(F)(F)F. The van der Waals surface area contributed by atoms with E-state index in [0.717, 1.165) is 0 Å². The Bertz CT molecular complexity index is 487. The van der Waals surface area contributed by atoms with Gasteiger partial charge in [-0.05, 0) is 5.56 Å². The lowest BCUT2D eigenvalue weighted by atomic mass is 10.1. The third kappa shape index (κ3) is 4.50. The van der Waals surface area contributed by atoms with Crippen molar-refractivity contribution in [1.29, 1.82) is 0 Å². The van der Waals surface area contributed by atoms with Crippen LogP contribution in [0.1, 0.15) is 5.56 Å². The average molecular weight is 292 g/mol. The molecule has 0 aromatic heterocycles. The molecule has 0 heterocycles. The second-order valence-electron chi connectivity index (χ2n) is 3.99. The van der Waals surface area contributed by atoms with Gasteiger partial charge in [-0.25, -0.2) is 0 Å². The highest BCUT2D eigenvalue weighted by Crippen LogP contribution is 2.25. The zero-order chi connectivity index (χ0) is 15.3. The molecule has 0 radical (unpaired) electrons. The van der Waals surface area contributed by atoms with Crippen LogP contribution in [-0.4, -0.2) is 28.7 Å². The van der Waals surface area contributed by atoms with Crippen LogP contribution in [0.5, 0.6) is 0 Å². The minimum Gasteiger partial charge on any atom is -0.481 e. The molecule has 110 valence electrons. The summed E-state index contributed by atoms with van der Waals surface area (Å²) in [5.41, 5.74) is 0.384. The van der Waals surface area contributed by atoms with E-state index in [2.05, 4.69) is 5.32 Å². The van der Waals surface area contributed by atoms with E-state index in [1.807, 2.05) is 0 Å². The first kappa shape index (κ1) is 15.9. The largest absolute Gasteiger partial charge is 0.481 e. The van der Waals surface area contributed by atoms with E-state index >= 15 is 0 Å². The monoisotopic (exact) mass is 292 g/mol. The number of nitro groups is 1. The van der Waals surface area contributed by atoms with Crippen LogP contribution in [-0.2, 0) is 11.3 Å². The van der Waals surface area contributed by atoms with Crippen molar-refractivity contribution in [1.82, 2.24) is 5.32 Å². The van der Waals surface area contributed by atoms with Crippen LogP contribution >= 0.6 is 0 Å². The van der Waals surface area contributed by atoms with Crippen molar-refractivity contribution < 1.29 is 28.0 Å². The zero-order valence-corrected chi connectivity index (χ0v) is 10.1. The van der Waals surface area contributed by atoms with Crippen LogP contribution in [0, 0.1) is 16.0 Å². The predicted octanol–water partition coefficient (Wildman–Crippen LogP) is 1.95. The molecule has 0 aliphatic rings. The first-order chi connectivity index (χ1) is 9.21. The number of benzene rings is 1. The summed E-state index contributed by atoms with van der Waals surface area (Å²) in [6.07, 6.45) is -4.83. The molecular weight excluding hydrogens is 281 g/mol. The number of alkyl halides is 3. The van der Waals surface area contributed by atoms with Crippen LogP contribution in [0.2, 0.25) is 0 Å². The Kier molecular flexibility index (Phi) is 5.03. The Morgan fingerprint density at radius 3 is 2.30 bits per heavy atom. The van der Waals surface area contributed by atoms with Crippen LogP contribution in [0.4, 0.5) is 18.9 Å². The third-order valence-corrected chi connectivity index (χ3v) is 2.52. The number of hydrogen-bond acceptors (Lipinski definition) is 4. The molecular formula is C11H11F3N2O4. The number of nitrogens with one attached hydrogen (secondary N) is 1. The van der Waals surface area contributed by atoms with Crippen molar-refractivity contribution in [3.8, 4) is 0 Å². The quantitative estimate of drug-likeness (QED) is 0.617. The molecule has 1 aromatic carbocycles. The number of hydrogen-bond donors (Lipinski definition) is 2. The Balaban J connectivity index is 2.55. The van der Waals surface area contributed by atoms with Crippen molar-refractivity contribution in [2.45, 2.75) is 12.7 Å². The smallest absolute Gasteiger partial charge is 0.403 e. The summed E-state index contributed by atoms with van der Waals surface area (Å²) < 4.78 is 37.0. The van der Waals surface area contributed by atoms with E-state index < -0.39 is 29.5 Å². The Morgan fingerprint density at radius 2 is 1.90 bits per heavy atom. The second-order valence-corrected chi connectivity index (χ2v) is 3.99. The maximum Gasteiger partial charge on any atom is 0.403 e. The standard InChI is InChI=1S/C11H11F3N2O4/c12-11(13,14)9(10(17)18)6-15-5-7-1-3-8(4-2-7)16(19)20/h1-4,9,15H,5-6H2,(H,17,18). The molecule has 1 atom stereocenters. The lowest BCUT2D eigenvalue weighted by Gasteiger charge is -2.16. The average Bonchev–Trinajstić information content (AvgIpc) is 2.33. The summed E-state index contributed by atoms with van der Waals surface area (Å²) in [6, 6.07) is 5.20. The fourth-order valence-corrected chi connectivity index (χ4v) is 1.44. The Labute approximate surface area is 111 Å². The molecule has 0 bridgehead atoms. The number of non-ortho nitro benzene ring substituents is 1. The predicted molar refractivity (Wildman–Crippen MR) is 62.0 cm³/mol. The highest BCUT2D eigenvalue weighted by atomic mass is 19.4. The number of nitro benzene ring substituents is 1. The van der Waals surface area contributed by atoms with Crippen LogP contribution < -0.4 is 5.32 Å². The van der Waals surface area contributed by atoms with Crippen molar-refractivity contribution >= 4 is 11.7 Å². The van der Waals surface area contributed by atoms with E-state index in [1.54, 1.807) is 0 Å². The number of carboxylic acids is 1. The number of halogens is 3. The highest BCUT2D eigenvalue weighted by Gasteiger charge is 2.44.